The quantitative estimate of drug-likeness (QED) is 0.0373. The van der Waals surface area contributed by atoms with Gasteiger partial charge in [-0.2, -0.15) is 0 Å². The van der Waals surface area contributed by atoms with Crippen LogP contribution in [0.4, 0.5) is 0 Å². The molecule has 0 amide bonds. The highest BCUT2D eigenvalue weighted by Gasteiger charge is 2.16. The Kier molecular flexibility index (Phi) is 67.2. The average Bonchev–Trinajstić information content (AvgIpc) is 3.44. The Labute approximate surface area is 488 Å². The largest absolute Gasteiger partial charge is 0.462 e. The summed E-state index contributed by atoms with van der Waals surface area (Å²) in [6.45, 7) is 4.18. The van der Waals surface area contributed by atoms with Crippen molar-refractivity contribution in [3.8, 4) is 0 Å². The maximum Gasteiger partial charge on any atom is 0.306 e. The zero-order valence-corrected chi connectivity index (χ0v) is 52.7. The second kappa shape index (κ2) is 69.1. The summed E-state index contributed by atoms with van der Waals surface area (Å²) < 4.78 is 10.8. The van der Waals surface area contributed by atoms with E-state index in [0.29, 0.717) is 12.8 Å². The van der Waals surface area contributed by atoms with Crippen molar-refractivity contribution in [2.24, 2.45) is 0 Å². The second-order valence-electron chi connectivity index (χ2n) is 24.0. The van der Waals surface area contributed by atoms with Crippen molar-refractivity contribution in [2.75, 3.05) is 13.2 Å². The predicted molar refractivity (Wildman–Crippen MR) is 344 cm³/mol. The Bertz CT molecular complexity index is 1280. The van der Waals surface area contributed by atoms with Gasteiger partial charge in [-0.05, 0) is 77.0 Å². The molecule has 0 rings (SSSR count). The molecule has 78 heavy (non-hydrogen) atoms. The minimum Gasteiger partial charge on any atom is -0.462 e. The molecule has 1 unspecified atom stereocenters. The van der Waals surface area contributed by atoms with Gasteiger partial charge in [-0.15, -0.1) is 0 Å². The van der Waals surface area contributed by atoms with Gasteiger partial charge >= 0.3 is 11.9 Å². The lowest BCUT2D eigenvalue weighted by molar-refractivity contribution is -0.161. The van der Waals surface area contributed by atoms with Gasteiger partial charge in [-0.1, -0.05) is 345 Å². The normalized spacial score (nSPS) is 12.4. The molecule has 0 aliphatic heterocycles. The molecule has 0 aromatic carbocycles. The summed E-state index contributed by atoms with van der Waals surface area (Å²) in [7, 11) is 0. The summed E-state index contributed by atoms with van der Waals surface area (Å²) in [6.07, 6.45) is 93.0. The Balaban J connectivity index is 3.39. The SMILES string of the molecule is CCCCCCC/C=C\C/C=C\C/C=C\CCCCCCCCCCCCCCC(=O)OC(CO)COC(=O)CCCCCCCCCCCCCCCCCCCCCCCCCCC/C=C\CCCCCCCCCC. The van der Waals surface area contributed by atoms with Gasteiger partial charge in [0.25, 0.3) is 0 Å². The van der Waals surface area contributed by atoms with Crippen LogP contribution in [-0.2, 0) is 19.1 Å². The number of aliphatic hydroxyl groups is 1. The number of aliphatic hydroxyl groups excluding tert-OH is 1. The molecule has 0 saturated carbocycles. The van der Waals surface area contributed by atoms with E-state index in [1.165, 1.54) is 308 Å². The number of unbranched alkanes of at least 4 members (excludes halogenated alkanes) is 50. The fraction of sp³-hybridized carbons (Fsp3) is 0.863. The topological polar surface area (TPSA) is 72.8 Å². The highest BCUT2D eigenvalue weighted by atomic mass is 16.6. The lowest BCUT2D eigenvalue weighted by Crippen LogP contribution is -2.28. The van der Waals surface area contributed by atoms with Crippen LogP contribution in [0.15, 0.2) is 48.6 Å². The van der Waals surface area contributed by atoms with Crippen molar-refractivity contribution in [3.63, 3.8) is 0 Å². The van der Waals surface area contributed by atoms with E-state index in [2.05, 4.69) is 62.5 Å². The van der Waals surface area contributed by atoms with Crippen LogP contribution in [0.3, 0.4) is 0 Å². The minimum absolute atomic E-state index is 0.0624. The average molecular weight is 1090 g/mol. The first-order valence-electron chi connectivity index (χ1n) is 35.2. The molecule has 0 spiro atoms. The third kappa shape index (κ3) is 66.4. The van der Waals surface area contributed by atoms with Crippen molar-refractivity contribution in [2.45, 2.75) is 392 Å². The minimum atomic E-state index is -0.773. The second-order valence-corrected chi connectivity index (χ2v) is 24.0. The van der Waals surface area contributed by atoms with Gasteiger partial charge in [0.05, 0.1) is 6.61 Å². The zero-order valence-electron chi connectivity index (χ0n) is 52.7. The molecule has 0 aliphatic carbocycles. The van der Waals surface area contributed by atoms with Crippen molar-refractivity contribution in [1.82, 2.24) is 0 Å². The number of esters is 2. The van der Waals surface area contributed by atoms with Crippen LogP contribution in [0, 0.1) is 0 Å². The molecule has 1 atom stereocenters. The molecular formula is C73H136O5. The van der Waals surface area contributed by atoms with Gasteiger partial charge in [-0.3, -0.25) is 9.59 Å². The molecule has 0 radical (unpaired) electrons. The summed E-state index contributed by atoms with van der Waals surface area (Å²) in [5.74, 6) is -0.573. The summed E-state index contributed by atoms with van der Waals surface area (Å²) in [5, 5.41) is 9.70. The van der Waals surface area contributed by atoms with Crippen LogP contribution in [0.1, 0.15) is 386 Å². The van der Waals surface area contributed by atoms with Gasteiger partial charge in [0, 0.05) is 12.8 Å². The summed E-state index contributed by atoms with van der Waals surface area (Å²) in [5.41, 5.74) is 0. The molecular weight excluding hydrogens is 957 g/mol. The van der Waals surface area contributed by atoms with E-state index in [0.717, 1.165) is 51.4 Å². The fourth-order valence-electron chi connectivity index (χ4n) is 10.8. The van der Waals surface area contributed by atoms with E-state index in [1.54, 1.807) is 0 Å². The molecule has 5 nitrogen and oxygen atoms in total. The number of carbonyl (C=O) groups is 2. The van der Waals surface area contributed by atoms with E-state index >= 15 is 0 Å². The van der Waals surface area contributed by atoms with Crippen molar-refractivity contribution in [3.05, 3.63) is 48.6 Å². The maximum absolute atomic E-state index is 12.4. The van der Waals surface area contributed by atoms with Crippen LogP contribution in [0.25, 0.3) is 0 Å². The number of ether oxygens (including phenoxy) is 2. The molecule has 5 heteroatoms. The third-order valence-corrected chi connectivity index (χ3v) is 16.1. The zero-order chi connectivity index (χ0) is 56.2. The van der Waals surface area contributed by atoms with E-state index in [-0.39, 0.29) is 25.2 Å². The van der Waals surface area contributed by atoms with Crippen LogP contribution >= 0.6 is 0 Å². The summed E-state index contributed by atoms with van der Waals surface area (Å²) in [4.78, 5) is 24.6. The van der Waals surface area contributed by atoms with Gasteiger partial charge < -0.3 is 14.6 Å². The number of rotatable bonds is 66. The van der Waals surface area contributed by atoms with Crippen LogP contribution < -0.4 is 0 Å². The third-order valence-electron chi connectivity index (χ3n) is 16.1. The van der Waals surface area contributed by atoms with Gasteiger partial charge in [0.1, 0.15) is 6.61 Å². The van der Waals surface area contributed by atoms with Crippen molar-refractivity contribution >= 4 is 11.9 Å². The molecule has 0 fully saturated rings. The molecule has 0 aliphatic rings. The smallest absolute Gasteiger partial charge is 0.306 e. The Morgan fingerprint density at radius 3 is 0.782 bits per heavy atom. The number of hydrogen-bond donors (Lipinski definition) is 1. The van der Waals surface area contributed by atoms with Gasteiger partial charge in [0.2, 0.25) is 0 Å². The molecule has 1 N–H and O–H groups in total. The van der Waals surface area contributed by atoms with Crippen molar-refractivity contribution in [1.29, 1.82) is 0 Å². The van der Waals surface area contributed by atoms with Gasteiger partial charge in [0.15, 0.2) is 6.10 Å². The molecule has 0 aromatic heterocycles. The van der Waals surface area contributed by atoms with Crippen molar-refractivity contribution < 1.29 is 24.2 Å². The Morgan fingerprint density at radius 1 is 0.295 bits per heavy atom. The Hall–Kier alpha value is -2.14. The monoisotopic (exact) mass is 1090 g/mol. The number of carbonyl (C=O) groups excluding carboxylic acids is 2. The lowest BCUT2D eigenvalue weighted by atomic mass is 10.0. The predicted octanol–water partition coefficient (Wildman–Crippen LogP) is 24.3. The molecule has 0 saturated heterocycles. The lowest BCUT2D eigenvalue weighted by Gasteiger charge is -2.15. The van der Waals surface area contributed by atoms with E-state index in [4.69, 9.17) is 9.47 Å². The van der Waals surface area contributed by atoms with E-state index in [1.807, 2.05) is 0 Å². The standard InChI is InChI=1S/C73H136O5/c1-3-5-7-9-11-13-15-17-19-21-23-25-27-29-31-32-33-34-35-36-37-38-39-40-42-43-45-47-49-51-53-55-57-59-61-63-65-67-72(75)77-70-71(69-74)78-73(76)68-66-64-62-60-58-56-54-52-50-48-46-44-41-30-28-26-24-22-20-18-16-14-12-10-8-6-4-2/h16,18,21-24,28,30,71,74H,3-15,17,19-20,25-27,29,31-70H2,1-2H3/b18-16-,23-21-,24-22-,30-28-. The molecule has 458 valence electrons. The number of allylic oxidation sites excluding steroid dienone is 8. The Morgan fingerprint density at radius 2 is 0.513 bits per heavy atom. The van der Waals surface area contributed by atoms with Crippen LogP contribution in [-0.4, -0.2) is 36.4 Å². The first-order valence-corrected chi connectivity index (χ1v) is 35.2. The van der Waals surface area contributed by atoms with E-state index in [9.17, 15) is 14.7 Å². The summed E-state index contributed by atoms with van der Waals surface area (Å²) >= 11 is 0. The molecule has 0 bridgehead atoms. The number of hydrogen-bond acceptors (Lipinski definition) is 5. The first kappa shape index (κ1) is 75.9. The van der Waals surface area contributed by atoms with E-state index < -0.39 is 6.10 Å². The van der Waals surface area contributed by atoms with Crippen LogP contribution in [0.2, 0.25) is 0 Å². The highest BCUT2D eigenvalue weighted by molar-refractivity contribution is 5.70. The molecule has 0 heterocycles. The molecule has 0 aromatic rings. The highest BCUT2D eigenvalue weighted by Crippen LogP contribution is 2.19. The first-order chi connectivity index (χ1) is 38.6. The maximum atomic E-state index is 12.4. The van der Waals surface area contributed by atoms with Crippen LogP contribution in [0.5, 0.6) is 0 Å². The fourth-order valence-corrected chi connectivity index (χ4v) is 10.8. The summed E-state index contributed by atoms with van der Waals surface area (Å²) in [6, 6.07) is 0. The van der Waals surface area contributed by atoms with Gasteiger partial charge in [-0.25, -0.2) is 0 Å².